The molecule has 0 bridgehead atoms. The highest BCUT2D eigenvalue weighted by molar-refractivity contribution is 7.99. The highest BCUT2D eigenvalue weighted by Gasteiger charge is 2.19. The van der Waals surface area contributed by atoms with Gasteiger partial charge in [0.1, 0.15) is 5.75 Å². The monoisotopic (exact) mass is 504 g/mol. The maximum absolute atomic E-state index is 13.6. The molecule has 1 aromatic heterocycles. The third kappa shape index (κ3) is 5.08. The molecule has 10 heteroatoms. The predicted octanol–water partition coefficient (Wildman–Crippen LogP) is 5.16. The van der Waals surface area contributed by atoms with E-state index in [-0.39, 0.29) is 34.6 Å². The van der Waals surface area contributed by atoms with Crippen molar-refractivity contribution in [2.45, 2.75) is 24.9 Å². The fraction of sp³-hybridized carbons (Fsp3) is 0.192. The summed E-state index contributed by atoms with van der Waals surface area (Å²) in [5.41, 5.74) is 2.19. The first-order valence-corrected chi connectivity index (χ1v) is 12.1. The molecule has 1 heterocycles. The van der Waals surface area contributed by atoms with Gasteiger partial charge in [-0.15, -0.1) is 0 Å². The first-order valence-electron chi connectivity index (χ1n) is 11.2. The molecule has 1 N–H and O–H groups in total. The highest BCUT2D eigenvalue weighted by atomic mass is 32.2. The van der Waals surface area contributed by atoms with Crippen LogP contribution in [-0.4, -0.2) is 33.2 Å². The zero-order valence-electron chi connectivity index (χ0n) is 19.9. The number of non-ortho nitro benzene ring substituents is 1. The Kier molecular flexibility index (Phi) is 7.35. The van der Waals surface area contributed by atoms with Crippen LogP contribution in [0.4, 0.5) is 11.4 Å². The Morgan fingerprint density at radius 1 is 1.14 bits per heavy atom. The highest BCUT2D eigenvalue weighted by Crippen LogP contribution is 2.30. The first kappa shape index (κ1) is 24.9. The molecule has 1 amide bonds. The van der Waals surface area contributed by atoms with Crippen molar-refractivity contribution in [2.75, 3.05) is 18.2 Å². The van der Waals surface area contributed by atoms with Crippen LogP contribution in [0, 0.1) is 10.1 Å². The van der Waals surface area contributed by atoms with E-state index in [2.05, 4.69) is 19.2 Å². The number of hydrogen-bond donors (Lipinski definition) is 1. The van der Waals surface area contributed by atoms with E-state index >= 15 is 0 Å². The molecule has 4 rings (SSSR count). The summed E-state index contributed by atoms with van der Waals surface area (Å²) in [6.45, 7) is 4.10. The lowest BCUT2D eigenvalue weighted by molar-refractivity contribution is -0.384. The van der Waals surface area contributed by atoms with Crippen LogP contribution < -0.4 is 15.6 Å². The molecule has 0 atom stereocenters. The van der Waals surface area contributed by atoms with Crippen LogP contribution in [0.3, 0.4) is 0 Å². The molecule has 0 aliphatic carbocycles. The number of hydrogen-bond acceptors (Lipinski definition) is 7. The zero-order chi connectivity index (χ0) is 25.8. The predicted molar refractivity (Wildman–Crippen MR) is 140 cm³/mol. The number of anilines is 1. The molecule has 0 saturated heterocycles. The number of para-hydroxylation sites is 2. The summed E-state index contributed by atoms with van der Waals surface area (Å²) in [7, 11) is 1.37. The normalized spacial score (nSPS) is 11.0. The third-order valence-corrected chi connectivity index (χ3v) is 6.49. The molecule has 9 nitrogen and oxygen atoms in total. The summed E-state index contributed by atoms with van der Waals surface area (Å²) in [5, 5.41) is 14.6. The van der Waals surface area contributed by atoms with Crippen molar-refractivity contribution in [2.24, 2.45) is 0 Å². The molecule has 0 aliphatic rings. The second-order valence-electron chi connectivity index (χ2n) is 8.24. The number of thioether (sulfide) groups is 1. The number of nitrogens with zero attached hydrogens (tertiary/aromatic N) is 3. The van der Waals surface area contributed by atoms with Crippen molar-refractivity contribution in [1.82, 2.24) is 9.55 Å². The summed E-state index contributed by atoms with van der Waals surface area (Å²) < 4.78 is 6.75. The van der Waals surface area contributed by atoms with Gasteiger partial charge in [-0.2, -0.15) is 0 Å². The fourth-order valence-electron chi connectivity index (χ4n) is 3.81. The topological polar surface area (TPSA) is 116 Å². The van der Waals surface area contributed by atoms with E-state index in [9.17, 15) is 19.7 Å². The number of methoxy groups -OCH3 is 1. The van der Waals surface area contributed by atoms with Crippen molar-refractivity contribution in [1.29, 1.82) is 0 Å². The van der Waals surface area contributed by atoms with Crippen LogP contribution in [0.1, 0.15) is 25.3 Å². The molecule has 36 heavy (non-hydrogen) atoms. The molecule has 0 aliphatic heterocycles. The number of benzene rings is 3. The zero-order valence-corrected chi connectivity index (χ0v) is 20.7. The van der Waals surface area contributed by atoms with Crippen LogP contribution in [0.25, 0.3) is 16.6 Å². The molecule has 184 valence electrons. The summed E-state index contributed by atoms with van der Waals surface area (Å²) in [6.07, 6.45) is 0. The van der Waals surface area contributed by atoms with Gasteiger partial charge in [-0.25, -0.2) is 4.98 Å². The van der Waals surface area contributed by atoms with E-state index in [1.54, 1.807) is 22.8 Å². The minimum absolute atomic E-state index is 0.0469. The SMILES string of the molecule is COc1cc([N+](=O)[O-])ccc1NC(=O)CSc1nc2ccccc2c(=O)n1-c1ccccc1C(C)C. The molecule has 4 aromatic rings. The number of fused-ring (bicyclic) bond motifs is 1. The Hall–Kier alpha value is -4.18. The Balaban J connectivity index is 1.68. The van der Waals surface area contributed by atoms with Crippen molar-refractivity contribution in [3.8, 4) is 11.4 Å². The number of ether oxygens (including phenoxy) is 1. The smallest absolute Gasteiger partial charge is 0.273 e. The quantitative estimate of drug-likeness (QED) is 0.153. The lowest BCUT2D eigenvalue weighted by Gasteiger charge is -2.18. The van der Waals surface area contributed by atoms with Crippen molar-refractivity contribution in [3.05, 3.63) is 92.8 Å². The minimum Gasteiger partial charge on any atom is -0.494 e. The first-order chi connectivity index (χ1) is 17.3. The fourth-order valence-corrected chi connectivity index (χ4v) is 4.62. The molecular weight excluding hydrogens is 480 g/mol. The van der Waals surface area contributed by atoms with Gasteiger partial charge < -0.3 is 10.1 Å². The van der Waals surface area contributed by atoms with E-state index < -0.39 is 4.92 Å². The summed E-state index contributed by atoms with van der Waals surface area (Å²) in [5.74, 6) is -0.0860. The number of aromatic nitrogens is 2. The van der Waals surface area contributed by atoms with Crippen molar-refractivity contribution >= 4 is 39.9 Å². The minimum atomic E-state index is -0.538. The number of amides is 1. The largest absolute Gasteiger partial charge is 0.494 e. The van der Waals surface area contributed by atoms with Crippen LogP contribution >= 0.6 is 11.8 Å². The average molecular weight is 505 g/mol. The lowest BCUT2D eigenvalue weighted by Crippen LogP contribution is -2.24. The molecule has 0 unspecified atom stereocenters. The van der Waals surface area contributed by atoms with Gasteiger partial charge in [0.25, 0.3) is 11.2 Å². The van der Waals surface area contributed by atoms with E-state index in [0.717, 1.165) is 23.0 Å². The molecule has 0 fully saturated rings. The number of nitrogens with one attached hydrogen (secondary N) is 1. The maximum Gasteiger partial charge on any atom is 0.273 e. The van der Waals surface area contributed by atoms with Crippen LogP contribution in [0.2, 0.25) is 0 Å². The van der Waals surface area contributed by atoms with Gasteiger partial charge in [0.2, 0.25) is 5.91 Å². The number of nitro benzene ring substituents is 1. The summed E-state index contributed by atoms with van der Waals surface area (Å²) in [6, 6.07) is 18.7. The molecule has 0 saturated carbocycles. The van der Waals surface area contributed by atoms with Gasteiger partial charge in [-0.05, 0) is 35.7 Å². The van der Waals surface area contributed by atoms with Gasteiger partial charge in [0.15, 0.2) is 5.16 Å². The molecule has 0 spiro atoms. The maximum atomic E-state index is 13.6. The standard InChI is InChI=1S/C26H24N4O5S/c1-16(2)18-8-5-7-11-22(18)29-25(32)19-9-4-6-10-20(19)28-26(29)36-15-24(31)27-21-13-12-17(30(33)34)14-23(21)35-3/h4-14,16H,15H2,1-3H3,(H,27,31). The third-order valence-electron chi connectivity index (χ3n) is 5.55. The number of carbonyl (C=O) groups is 1. The summed E-state index contributed by atoms with van der Waals surface area (Å²) >= 11 is 1.13. The Morgan fingerprint density at radius 2 is 1.86 bits per heavy atom. The lowest BCUT2D eigenvalue weighted by atomic mass is 10.0. The van der Waals surface area contributed by atoms with E-state index in [1.807, 2.05) is 30.3 Å². The Morgan fingerprint density at radius 3 is 2.58 bits per heavy atom. The van der Waals surface area contributed by atoms with Crippen LogP contribution in [0.15, 0.2) is 76.7 Å². The van der Waals surface area contributed by atoms with Crippen LogP contribution in [0.5, 0.6) is 5.75 Å². The number of rotatable bonds is 8. The van der Waals surface area contributed by atoms with E-state index in [0.29, 0.717) is 21.7 Å². The Labute approximate surface area is 211 Å². The van der Waals surface area contributed by atoms with Gasteiger partial charge in [-0.3, -0.25) is 24.3 Å². The number of nitro groups is 1. The van der Waals surface area contributed by atoms with Gasteiger partial charge in [0.05, 0.1) is 46.1 Å². The van der Waals surface area contributed by atoms with Gasteiger partial charge in [0, 0.05) is 6.07 Å². The second-order valence-corrected chi connectivity index (χ2v) is 9.19. The van der Waals surface area contributed by atoms with Gasteiger partial charge in [-0.1, -0.05) is 55.9 Å². The molecule has 3 aromatic carbocycles. The van der Waals surface area contributed by atoms with E-state index in [1.165, 1.54) is 25.3 Å². The molecule has 0 radical (unpaired) electrons. The Bertz CT molecular complexity index is 1520. The molecular formula is C26H24N4O5S. The van der Waals surface area contributed by atoms with Crippen LogP contribution in [-0.2, 0) is 4.79 Å². The van der Waals surface area contributed by atoms with Crippen molar-refractivity contribution < 1.29 is 14.5 Å². The van der Waals surface area contributed by atoms with E-state index in [4.69, 9.17) is 9.72 Å². The second kappa shape index (κ2) is 10.6. The summed E-state index contributed by atoms with van der Waals surface area (Å²) in [4.78, 5) is 41.6. The van der Waals surface area contributed by atoms with Gasteiger partial charge >= 0.3 is 0 Å². The van der Waals surface area contributed by atoms with Crippen molar-refractivity contribution in [3.63, 3.8) is 0 Å². The average Bonchev–Trinajstić information content (AvgIpc) is 2.87. The number of carbonyl (C=O) groups excluding carboxylic acids is 1.